The molecule has 0 bridgehead atoms. The van der Waals surface area contributed by atoms with Crippen LogP contribution < -0.4 is 10.5 Å². The van der Waals surface area contributed by atoms with E-state index in [1.54, 1.807) is 7.11 Å². The summed E-state index contributed by atoms with van der Waals surface area (Å²) in [4.78, 5) is 2.17. The van der Waals surface area contributed by atoms with Crippen LogP contribution in [0.1, 0.15) is 17.3 Å². The molecular formula is C15H23N3O. The van der Waals surface area contributed by atoms with Gasteiger partial charge in [-0.3, -0.25) is 0 Å². The molecule has 0 radical (unpaired) electrons. The molecule has 1 unspecified atom stereocenters. The Labute approximate surface area is 114 Å². The van der Waals surface area contributed by atoms with E-state index in [1.165, 1.54) is 16.6 Å². The van der Waals surface area contributed by atoms with E-state index in [0.29, 0.717) is 6.54 Å². The molecule has 2 rings (SSSR count). The van der Waals surface area contributed by atoms with Crippen LogP contribution in [0.2, 0.25) is 0 Å². The van der Waals surface area contributed by atoms with Crippen LogP contribution in [0.15, 0.2) is 18.2 Å². The van der Waals surface area contributed by atoms with Gasteiger partial charge in [-0.1, -0.05) is 12.1 Å². The minimum Gasteiger partial charge on any atom is -0.495 e. The number of para-hydroxylation sites is 1. The van der Waals surface area contributed by atoms with E-state index in [2.05, 4.69) is 43.6 Å². The van der Waals surface area contributed by atoms with Gasteiger partial charge in [0.25, 0.3) is 0 Å². The second-order valence-corrected chi connectivity index (χ2v) is 5.13. The van der Waals surface area contributed by atoms with Gasteiger partial charge in [0.2, 0.25) is 0 Å². The highest BCUT2D eigenvalue weighted by atomic mass is 16.5. The van der Waals surface area contributed by atoms with Gasteiger partial charge in [0.05, 0.1) is 12.6 Å². The number of hydrogen-bond donors (Lipinski definition) is 1. The molecule has 104 valence electrons. The largest absolute Gasteiger partial charge is 0.495 e. The molecule has 1 heterocycles. The van der Waals surface area contributed by atoms with E-state index >= 15 is 0 Å². The first kappa shape index (κ1) is 13.9. The van der Waals surface area contributed by atoms with Crippen molar-refractivity contribution in [2.75, 3.05) is 27.7 Å². The minimum atomic E-state index is 0.218. The van der Waals surface area contributed by atoms with Gasteiger partial charge in [0.15, 0.2) is 0 Å². The van der Waals surface area contributed by atoms with Gasteiger partial charge in [-0.05, 0) is 32.6 Å². The summed E-state index contributed by atoms with van der Waals surface area (Å²) in [6, 6.07) is 6.40. The number of aromatic nitrogens is 1. The summed E-state index contributed by atoms with van der Waals surface area (Å²) in [5.41, 5.74) is 9.63. The molecule has 0 fully saturated rings. The van der Waals surface area contributed by atoms with Gasteiger partial charge < -0.3 is 19.9 Å². The summed E-state index contributed by atoms with van der Waals surface area (Å²) >= 11 is 0. The monoisotopic (exact) mass is 261 g/mol. The number of methoxy groups -OCH3 is 1. The lowest BCUT2D eigenvalue weighted by Gasteiger charge is -2.23. The fourth-order valence-electron chi connectivity index (χ4n) is 2.80. The highest BCUT2D eigenvalue weighted by Crippen LogP contribution is 2.36. The summed E-state index contributed by atoms with van der Waals surface area (Å²) in [6.07, 6.45) is 0. The molecular weight excluding hydrogens is 238 g/mol. The van der Waals surface area contributed by atoms with Gasteiger partial charge >= 0.3 is 0 Å². The van der Waals surface area contributed by atoms with Crippen molar-refractivity contribution in [3.05, 3.63) is 29.5 Å². The maximum Gasteiger partial charge on any atom is 0.143 e. The SMILES string of the molecule is COc1cccc2c(C(CN)N(C)C)c(C)n(C)c12. The molecule has 1 aromatic carbocycles. The third-order valence-electron chi connectivity index (χ3n) is 3.92. The number of nitrogens with zero attached hydrogens (tertiary/aromatic N) is 2. The van der Waals surface area contributed by atoms with E-state index in [-0.39, 0.29) is 6.04 Å². The van der Waals surface area contributed by atoms with Crippen molar-refractivity contribution in [1.82, 2.24) is 9.47 Å². The number of hydrogen-bond acceptors (Lipinski definition) is 3. The van der Waals surface area contributed by atoms with E-state index in [4.69, 9.17) is 10.5 Å². The highest BCUT2D eigenvalue weighted by molar-refractivity contribution is 5.90. The number of rotatable bonds is 4. The molecule has 1 aromatic heterocycles. The van der Waals surface area contributed by atoms with Gasteiger partial charge in [-0.15, -0.1) is 0 Å². The molecule has 0 aliphatic rings. The zero-order valence-electron chi connectivity index (χ0n) is 12.4. The van der Waals surface area contributed by atoms with Crippen molar-refractivity contribution in [3.63, 3.8) is 0 Å². The standard InChI is InChI=1S/C15H23N3O/c1-10-14(12(9-16)17(2)3)11-7-6-8-13(19-5)15(11)18(10)4/h6-8,12H,9,16H2,1-5H3. The highest BCUT2D eigenvalue weighted by Gasteiger charge is 2.22. The Morgan fingerprint density at radius 1 is 1.37 bits per heavy atom. The van der Waals surface area contributed by atoms with Gasteiger partial charge in [-0.2, -0.15) is 0 Å². The van der Waals surface area contributed by atoms with Gasteiger partial charge in [0, 0.05) is 30.7 Å². The van der Waals surface area contributed by atoms with Crippen molar-refractivity contribution < 1.29 is 4.74 Å². The Kier molecular flexibility index (Phi) is 3.83. The number of nitrogens with two attached hydrogens (primary N) is 1. The zero-order valence-corrected chi connectivity index (χ0v) is 12.4. The molecule has 19 heavy (non-hydrogen) atoms. The Bertz CT molecular complexity index is 587. The van der Waals surface area contributed by atoms with Crippen molar-refractivity contribution in [3.8, 4) is 5.75 Å². The maximum atomic E-state index is 5.96. The quantitative estimate of drug-likeness (QED) is 0.916. The van der Waals surface area contributed by atoms with Crippen LogP contribution in [0, 0.1) is 6.92 Å². The molecule has 0 aliphatic carbocycles. The minimum absolute atomic E-state index is 0.218. The zero-order chi connectivity index (χ0) is 14.2. The molecule has 4 nitrogen and oxygen atoms in total. The lowest BCUT2D eigenvalue weighted by molar-refractivity contribution is 0.306. The van der Waals surface area contributed by atoms with Crippen LogP contribution in [0.4, 0.5) is 0 Å². The van der Waals surface area contributed by atoms with Crippen LogP contribution >= 0.6 is 0 Å². The molecule has 0 saturated carbocycles. The van der Waals surface area contributed by atoms with Crippen molar-refractivity contribution >= 4 is 10.9 Å². The molecule has 1 atom stereocenters. The lowest BCUT2D eigenvalue weighted by atomic mass is 10.0. The molecule has 0 amide bonds. The van der Waals surface area contributed by atoms with Crippen LogP contribution in [0.3, 0.4) is 0 Å². The molecule has 0 spiro atoms. The Morgan fingerprint density at radius 3 is 2.58 bits per heavy atom. The van der Waals surface area contributed by atoms with Crippen molar-refractivity contribution in [2.24, 2.45) is 12.8 Å². The van der Waals surface area contributed by atoms with E-state index in [9.17, 15) is 0 Å². The lowest BCUT2D eigenvalue weighted by Crippen LogP contribution is -2.27. The van der Waals surface area contributed by atoms with Crippen LogP contribution in [0.5, 0.6) is 5.75 Å². The first-order valence-corrected chi connectivity index (χ1v) is 6.51. The smallest absolute Gasteiger partial charge is 0.143 e. The van der Waals surface area contributed by atoms with E-state index in [0.717, 1.165) is 11.3 Å². The molecule has 0 aliphatic heterocycles. The van der Waals surface area contributed by atoms with Gasteiger partial charge in [0.1, 0.15) is 5.75 Å². The second-order valence-electron chi connectivity index (χ2n) is 5.13. The first-order valence-electron chi connectivity index (χ1n) is 6.51. The normalized spacial score (nSPS) is 13.2. The number of benzene rings is 1. The van der Waals surface area contributed by atoms with Crippen LogP contribution in [0.25, 0.3) is 10.9 Å². The summed E-state index contributed by atoms with van der Waals surface area (Å²) in [5.74, 6) is 0.906. The third-order valence-corrected chi connectivity index (χ3v) is 3.92. The fourth-order valence-corrected chi connectivity index (χ4v) is 2.80. The van der Waals surface area contributed by atoms with Crippen molar-refractivity contribution in [1.29, 1.82) is 0 Å². The van der Waals surface area contributed by atoms with Crippen LogP contribution in [-0.2, 0) is 7.05 Å². The number of aryl methyl sites for hydroxylation is 1. The van der Waals surface area contributed by atoms with Crippen LogP contribution in [-0.4, -0.2) is 37.2 Å². The summed E-state index contributed by atoms with van der Waals surface area (Å²) < 4.78 is 7.67. The Morgan fingerprint density at radius 2 is 2.05 bits per heavy atom. The fraction of sp³-hybridized carbons (Fsp3) is 0.467. The second kappa shape index (κ2) is 5.23. The predicted molar refractivity (Wildman–Crippen MR) is 79.7 cm³/mol. The average molecular weight is 261 g/mol. The number of ether oxygens (including phenoxy) is 1. The van der Waals surface area contributed by atoms with E-state index in [1.807, 2.05) is 12.1 Å². The molecule has 2 N–H and O–H groups in total. The molecule has 0 saturated heterocycles. The third kappa shape index (κ3) is 2.11. The van der Waals surface area contributed by atoms with Gasteiger partial charge in [-0.25, -0.2) is 0 Å². The average Bonchev–Trinajstić information content (AvgIpc) is 2.64. The number of likely N-dealkylation sites (N-methyl/N-ethyl adjacent to an activating group) is 1. The predicted octanol–water partition coefficient (Wildman–Crippen LogP) is 2.06. The Hall–Kier alpha value is -1.52. The summed E-state index contributed by atoms with van der Waals surface area (Å²) in [6.45, 7) is 2.74. The summed E-state index contributed by atoms with van der Waals surface area (Å²) in [7, 11) is 7.92. The first-order chi connectivity index (χ1) is 9.02. The van der Waals surface area contributed by atoms with E-state index < -0.39 is 0 Å². The maximum absolute atomic E-state index is 5.96. The summed E-state index contributed by atoms with van der Waals surface area (Å²) in [5, 5.41) is 1.23. The van der Waals surface area contributed by atoms with Crippen molar-refractivity contribution in [2.45, 2.75) is 13.0 Å². The Balaban J connectivity index is 2.78. The topological polar surface area (TPSA) is 43.4 Å². The molecule has 4 heteroatoms. The molecule has 2 aromatic rings. The number of fused-ring (bicyclic) bond motifs is 1.